The van der Waals surface area contributed by atoms with E-state index in [1.165, 1.54) is 0 Å². The van der Waals surface area contributed by atoms with Gasteiger partial charge in [-0.15, -0.1) is 24.0 Å². The van der Waals surface area contributed by atoms with E-state index in [2.05, 4.69) is 20.3 Å². The molecule has 0 bridgehead atoms. The van der Waals surface area contributed by atoms with Crippen molar-refractivity contribution in [2.45, 2.75) is 26.7 Å². The minimum Gasteiger partial charge on any atom is -0.385 e. The average molecular weight is 436 g/mol. The summed E-state index contributed by atoms with van der Waals surface area (Å²) in [4.78, 5) is 4.39. The highest BCUT2D eigenvalue weighted by molar-refractivity contribution is 14.0. The Labute approximate surface area is 145 Å². The Bertz CT molecular complexity index is 364. The van der Waals surface area contributed by atoms with Crippen LogP contribution in [0.15, 0.2) is 4.99 Å². The Balaban J connectivity index is 0. The zero-order valence-corrected chi connectivity index (χ0v) is 16.3. The summed E-state index contributed by atoms with van der Waals surface area (Å²) >= 11 is 0. The van der Waals surface area contributed by atoms with E-state index in [0.29, 0.717) is 32.7 Å². The molecule has 7 nitrogen and oxygen atoms in total. The number of aliphatic imine (C=N–C) groups is 1. The van der Waals surface area contributed by atoms with E-state index in [9.17, 15) is 8.42 Å². The number of rotatable bonds is 11. The first-order valence-corrected chi connectivity index (χ1v) is 8.69. The molecule has 3 N–H and O–H groups in total. The number of ether oxygens (including phenoxy) is 1. The zero-order valence-electron chi connectivity index (χ0n) is 13.1. The van der Waals surface area contributed by atoms with Crippen LogP contribution in [0.2, 0.25) is 0 Å². The van der Waals surface area contributed by atoms with Crippen molar-refractivity contribution in [3.63, 3.8) is 0 Å². The van der Waals surface area contributed by atoms with Crippen LogP contribution >= 0.6 is 24.0 Å². The first kappa shape index (κ1) is 23.1. The highest BCUT2D eigenvalue weighted by atomic mass is 127. The number of methoxy groups -OCH3 is 1. The van der Waals surface area contributed by atoms with Crippen LogP contribution in [0, 0.1) is 0 Å². The largest absolute Gasteiger partial charge is 0.385 e. The lowest BCUT2D eigenvalue weighted by Crippen LogP contribution is -2.39. The van der Waals surface area contributed by atoms with Crippen molar-refractivity contribution in [3.05, 3.63) is 0 Å². The molecule has 0 aliphatic rings. The van der Waals surface area contributed by atoms with Gasteiger partial charge < -0.3 is 15.4 Å². The summed E-state index contributed by atoms with van der Waals surface area (Å²) in [7, 11) is -1.42. The summed E-state index contributed by atoms with van der Waals surface area (Å²) in [5.74, 6) is 0.867. The van der Waals surface area contributed by atoms with Gasteiger partial charge in [-0.1, -0.05) is 0 Å². The molecule has 21 heavy (non-hydrogen) atoms. The van der Waals surface area contributed by atoms with E-state index in [1.807, 2.05) is 6.92 Å². The van der Waals surface area contributed by atoms with Gasteiger partial charge in [0.15, 0.2) is 5.96 Å². The predicted molar refractivity (Wildman–Crippen MR) is 98.0 cm³/mol. The van der Waals surface area contributed by atoms with Crippen molar-refractivity contribution in [1.82, 2.24) is 15.4 Å². The fraction of sp³-hybridized carbons (Fsp3) is 0.917. The Morgan fingerprint density at radius 2 is 1.86 bits per heavy atom. The summed E-state index contributed by atoms with van der Waals surface area (Å²) in [6, 6.07) is 0. The maximum Gasteiger partial charge on any atom is 0.211 e. The van der Waals surface area contributed by atoms with Crippen molar-refractivity contribution in [3.8, 4) is 0 Å². The monoisotopic (exact) mass is 436 g/mol. The van der Waals surface area contributed by atoms with Gasteiger partial charge in [0.25, 0.3) is 0 Å². The molecule has 0 aromatic heterocycles. The Kier molecular flexibility index (Phi) is 16.3. The summed E-state index contributed by atoms with van der Waals surface area (Å²) in [5, 5.41) is 6.30. The van der Waals surface area contributed by atoms with Gasteiger partial charge in [0.05, 0.1) is 5.75 Å². The number of nitrogens with one attached hydrogen (secondary N) is 3. The average Bonchev–Trinajstić information content (AvgIpc) is 2.43. The third-order valence-electron chi connectivity index (χ3n) is 2.47. The molecule has 0 aromatic carbocycles. The second-order valence-corrected chi connectivity index (χ2v) is 6.28. The summed E-state index contributed by atoms with van der Waals surface area (Å²) in [6.45, 7) is 6.92. The van der Waals surface area contributed by atoms with Crippen molar-refractivity contribution in [1.29, 1.82) is 0 Å². The zero-order chi connectivity index (χ0) is 15.3. The normalized spacial score (nSPS) is 11.9. The molecule has 0 saturated carbocycles. The van der Waals surface area contributed by atoms with Gasteiger partial charge in [-0.3, -0.25) is 4.99 Å². The molecule has 0 aliphatic heterocycles. The molecule has 0 radical (unpaired) electrons. The molecule has 0 atom stereocenters. The van der Waals surface area contributed by atoms with E-state index in [4.69, 9.17) is 4.74 Å². The van der Waals surface area contributed by atoms with Gasteiger partial charge in [0.2, 0.25) is 10.0 Å². The van der Waals surface area contributed by atoms with Crippen LogP contribution in [-0.4, -0.2) is 60.0 Å². The summed E-state index contributed by atoms with van der Waals surface area (Å²) < 4.78 is 29.9. The van der Waals surface area contributed by atoms with Crippen LogP contribution in [0.25, 0.3) is 0 Å². The van der Waals surface area contributed by atoms with E-state index < -0.39 is 10.0 Å². The van der Waals surface area contributed by atoms with Gasteiger partial charge in [-0.2, -0.15) is 0 Å². The number of halogens is 1. The number of hydrogen-bond donors (Lipinski definition) is 3. The van der Waals surface area contributed by atoms with Crippen LogP contribution in [0.1, 0.15) is 26.7 Å². The molecule has 9 heteroatoms. The second-order valence-electron chi connectivity index (χ2n) is 4.19. The van der Waals surface area contributed by atoms with E-state index >= 15 is 0 Å². The molecule has 0 fully saturated rings. The van der Waals surface area contributed by atoms with Crippen molar-refractivity contribution in [2.75, 3.05) is 45.6 Å². The molecular formula is C12H29IN4O3S. The van der Waals surface area contributed by atoms with Crippen LogP contribution in [0.4, 0.5) is 0 Å². The lowest BCUT2D eigenvalue weighted by atomic mass is 10.4. The minimum absolute atomic E-state index is 0. The van der Waals surface area contributed by atoms with Crippen molar-refractivity contribution < 1.29 is 13.2 Å². The lowest BCUT2D eigenvalue weighted by molar-refractivity contribution is 0.197. The second kappa shape index (κ2) is 14.8. The molecule has 128 valence electrons. The number of hydrogen-bond acceptors (Lipinski definition) is 4. The molecule has 0 amide bonds. The Morgan fingerprint density at radius 3 is 2.43 bits per heavy atom. The molecule has 0 heterocycles. The van der Waals surface area contributed by atoms with Crippen LogP contribution < -0.4 is 15.4 Å². The molecule has 0 unspecified atom stereocenters. The van der Waals surface area contributed by atoms with Gasteiger partial charge in [0.1, 0.15) is 0 Å². The maximum atomic E-state index is 11.2. The Morgan fingerprint density at radius 1 is 1.14 bits per heavy atom. The molecule has 0 rings (SSSR count). The quantitative estimate of drug-likeness (QED) is 0.190. The van der Waals surface area contributed by atoms with Crippen LogP contribution in [0.5, 0.6) is 0 Å². The molecule has 0 aromatic rings. The van der Waals surface area contributed by atoms with E-state index in [1.54, 1.807) is 14.0 Å². The highest BCUT2D eigenvalue weighted by Gasteiger charge is 2.04. The van der Waals surface area contributed by atoms with Gasteiger partial charge >= 0.3 is 0 Å². The summed E-state index contributed by atoms with van der Waals surface area (Å²) in [6.07, 6.45) is 1.59. The minimum atomic E-state index is -3.09. The Hall–Kier alpha value is -0.130. The van der Waals surface area contributed by atoms with Crippen molar-refractivity contribution in [2.24, 2.45) is 4.99 Å². The van der Waals surface area contributed by atoms with Crippen molar-refractivity contribution >= 4 is 40.0 Å². The molecular weight excluding hydrogens is 407 g/mol. The predicted octanol–water partition coefficient (Wildman–Crippen LogP) is 0.525. The van der Waals surface area contributed by atoms with Crippen LogP contribution in [-0.2, 0) is 14.8 Å². The smallest absolute Gasteiger partial charge is 0.211 e. The third-order valence-corrected chi connectivity index (χ3v) is 3.87. The number of guanidine groups is 1. The first-order valence-electron chi connectivity index (χ1n) is 7.04. The standard InChI is InChI=1S/C12H28N4O3S.HI/c1-4-13-12(15-9-7-11-19-3)14-8-6-10-16-20(17,18)5-2;/h16H,4-11H2,1-3H3,(H2,13,14,15);1H. The highest BCUT2D eigenvalue weighted by Crippen LogP contribution is 1.85. The van der Waals surface area contributed by atoms with Gasteiger partial charge in [0, 0.05) is 39.9 Å². The fourth-order valence-electron chi connectivity index (χ4n) is 1.37. The summed E-state index contributed by atoms with van der Waals surface area (Å²) in [5.41, 5.74) is 0. The number of nitrogens with zero attached hydrogens (tertiary/aromatic N) is 1. The van der Waals surface area contributed by atoms with Gasteiger partial charge in [-0.05, 0) is 26.7 Å². The lowest BCUT2D eigenvalue weighted by Gasteiger charge is -2.11. The molecule has 0 spiro atoms. The topological polar surface area (TPSA) is 91.8 Å². The molecule has 0 saturated heterocycles. The molecule has 0 aliphatic carbocycles. The fourth-order valence-corrected chi connectivity index (χ4v) is 2.03. The van der Waals surface area contributed by atoms with Gasteiger partial charge in [-0.25, -0.2) is 13.1 Å². The SMILES string of the molecule is CCNC(=NCCCOC)NCCCNS(=O)(=O)CC.I. The number of sulfonamides is 1. The maximum absolute atomic E-state index is 11.2. The third kappa shape index (κ3) is 14.6. The first-order chi connectivity index (χ1) is 9.55. The van der Waals surface area contributed by atoms with Crippen LogP contribution in [0.3, 0.4) is 0 Å². The van der Waals surface area contributed by atoms with E-state index in [-0.39, 0.29) is 29.7 Å². The van der Waals surface area contributed by atoms with E-state index in [0.717, 1.165) is 18.9 Å².